The van der Waals surface area contributed by atoms with Gasteiger partial charge >= 0.3 is 5.97 Å². The van der Waals surface area contributed by atoms with Gasteiger partial charge in [-0.2, -0.15) is 0 Å². The lowest BCUT2D eigenvalue weighted by atomic mass is 9.42. The predicted molar refractivity (Wildman–Crippen MR) is 139 cm³/mol. The number of aliphatic carboxylic acids is 1. The van der Waals surface area contributed by atoms with E-state index in [2.05, 4.69) is 0 Å². The number of allylic oxidation sites excluding steroid dienone is 2. The van der Waals surface area contributed by atoms with Gasteiger partial charge in [0.25, 0.3) is 0 Å². The third-order valence-electron chi connectivity index (χ3n) is 11.3. The van der Waals surface area contributed by atoms with E-state index in [1.165, 1.54) is 13.0 Å². The first-order valence-corrected chi connectivity index (χ1v) is 13.7. The first-order valence-electron chi connectivity index (χ1n) is 13.7. The molecular weight excluding hydrogens is 488 g/mol. The Morgan fingerprint density at radius 1 is 1.08 bits per heavy atom. The fourth-order valence-corrected chi connectivity index (χ4v) is 8.71. The summed E-state index contributed by atoms with van der Waals surface area (Å²) in [5.74, 6) is -3.88. The Morgan fingerprint density at radius 2 is 1.68 bits per heavy atom. The van der Waals surface area contributed by atoms with Crippen molar-refractivity contribution in [2.45, 2.75) is 98.9 Å². The number of carbonyl (C=O) groups is 4. The smallest absolute Gasteiger partial charge is 0.306 e. The molecule has 38 heavy (non-hydrogen) atoms. The normalized spacial score (nSPS) is 43.3. The number of aliphatic hydroxyl groups excluding tert-OH is 3. The van der Waals surface area contributed by atoms with Crippen LogP contribution < -0.4 is 0 Å². The van der Waals surface area contributed by atoms with E-state index in [-0.39, 0.29) is 24.5 Å². The van der Waals surface area contributed by atoms with Crippen molar-refractivity contribution >= 4 is 23.3 Å². The molecule has 0 saturated heterocycles. The van der Waals surface area contributed by atoms with E-state index in [1.54, 1.807) is 20.8 Å². The van der Waals surface area contributed by atoms with Crippen molar-refractivity contribution in [2.24, 2.45) is 39.4 Å². The van der Waals surface area contributed by atoms with E-state index in [0.29, 0.717) is 36.0 Å². The second-order valence-corrected chi connectivity index (χ2v) is 13.5. The molecule has 0 aliphatic heterocycles. The zero-order chi connectivity index (χ0) is 28.7. The van der Waals surface area contributed by atoms with Crippen LogP contribution in [-0.2, 0) is 19.2 Å². The molecule has 210 valence electrons. The average Bonchev–Trinajstić information content (AvgIpc) is 3.03. The Labute approximate surface area is 224 Å². The summed E-state index contributed by atoms with van der Waals surface area (Å²) in [5.41, 5.74) is -2.67. The summed E-state index contributed by atoms with van der Waals surface area (Å²) in [5, 5.41) is 43.2. The van der Waals surface area contributed by atoms with Crippen LogP contribution in [-0.4, -0.2) is 62.1 Å². The van der Waals surface area contributed by atoms with Gasteiger partial charge in [0.2, 0.25) is 0 Å². The summed E-state index contributed by atoms with van der Waals surface area (Å²) in [6.07, 6.45) is -0.790. The number of carbonyl (C=O) groups excluding carboxylic acids is 3. The van der Waals surface area contributed by atoms with Gasteiger partial charge in [-0.15, -0.1) is 0 Å². The monoisotopic (exact) mass is 530 g/mol. The molecule has 0 amide bonds. The molecule has 4 aliphatic carbocycles. The summed E-state index contributed by atoms with van der Waals surface area (Å²) in [6, 6.07) is 0. The van der Waals surface area contributed by atoms with Crippen LogP contribution in [0.25, 0.3) is 0 Å². The van der Waals surface area contributed by atoms with Crippen LogP contribution in [0.1, 0.15) is 80.6 Å². The number of rotatable bonds is 5. The minimum atomic E-state index is -1.53. The standard InChI is InChI=1S/C30H42O8/c1-14(10-16(31)11-15(2)26(37)38)17-12-21(34)30(7)22-18(32)13-19-27(3,4)20(33)8-9-28(19,5)23(22)24(35)25(36)29(17,30)6/h10,15,17-20,25,32-33,36H,8-9,11-13H2,1-7H3,(H,37,38)/b14-10-/t15?,17?,18-,19?,20-,25+,28-,29-,30-/m0/s1. The Bertz CT molecular complexity index is 1160. The van der Waals surface area contributed by atoms with Crippen molar-refractivity contribution in [3.63, 3.8) is 0 Å². The van der Waals surface area contributed by atoms with E-state index >= 15 is 0 Å². The average molecular weight is 531 g/mol. The summed E-state index contributed by atoms with van der Waals surface area (Å²) in [7, 11) is 0. The van der Waals surface area contributed by atoms with Crippen molar-refractivity contribution in [1.29, 1.82) is 0 Å². The van der Waals surface area contributed by atoms with Crippen LogP contribution in [0, 0.1) is 39.4 Å². The molecule has 0 aromatic heterocycles. The van der Waals surface area contributed by atoms with Gasteiger partial charge in [-0.05, 0) is 67.4 Å². The molecule has 0 aromatic rings. The molecule has 4 N–H and O–H groups in total. The maximum Gasteiger partial charge on any atom is 0.306 e. The molecular formula is C30H42O8. The van der Waals surface area contributed by atoms with Crippen LogP contribution in [0.3, 0.4) is 0 Å². The number of aliphatic hydroxyl groups is 3. The largest absolute Gasteiger partial charge is 0.481 e. The summed E-state index contributed by atoms with van der Waals surface area (Å²) >= 11 is 0. The third kappa shape index (κ3) is 3.59. The molecule has 0 aromatic carbocycles. The van der Waals surface area contributed by atoms with Gasteiger partial charge in [-0.25, -0.2) is 0 Å². The molecule has 0 bridgehead atoms. The highest BCUT2D eigenvalue weighted by Crippen LogP contribution is 2.70. The summed E-state index contributed by atoms with van der Waals surface area (Å²) in [4.78, 5) is 51.9. The molecule has 9 atom stereocenters. The van der Waals surface area contributed by atoms with Gasteiger partial charge in [0.05, 0.1) is 23.5 Å². The number of carboxylic acids is 1. The minimum Gasteiger partial charge on any atom is -0.481 e. The first kappa shape index (κ1) is 28.8. The summed E-state index contributed by atoms with van der Waals surface area (Å²) < 4.78 is 0. The molecule has 8 heteroatoms. The molecule has 8 nitrogen and oxygen atoms in total. The number of hydrogen-bond acceptors (Lipinski definition) is 7. The number of fused-ring (bicyclic) bond motifs is 4. The van der Waals surface area contributed by atoms with Crippen LogP contribution in [0.2, 0.25) is 0 Å². The SMILES string of the molecule is C/C(=C/C(=O)CC(C)C(=O)O)C1CC(=O)[C@@]2(C)C3=C(C(=O)[C@@H](O)[C@]12C)[C@@]1(C)CC[C@H](O)C(C)(C)C1C[C@@H]3O. The highest BCUT2D eigenvalue weighted by molar-refractivity contribution is 6.08. The second kappa shape index (κ2) is 8.93. The fourth-order valence-electron chi connectivity index (χ4n) is 8.71. The molecule has 4 rings (SSSR count). The lowest BCUT2D eigenvalue weighted by molar-refractivity contribution is -0.156. The molecule has 2 saturated carbocycles. The second-order valence-electron chi connectivity index (χ2n) is 13.5. The van der Waals surface area contributed by atoms with Crippen molar-refractivity contribution in [3.05, 3.63) is 22.8 Å². The quantitative estimate of drug-likeness (QED) is 0.396. The molecule has 4 aliphatic rings. The zero-order valence-electron chi connectivity index (χ0n) is 23.5. The molecule has 0 radical (unpaired) electrons. The van der Waals surface area contributed by atoms with E-state index in [0.717, 1.165) is 0 Å². The third-order valence-corrected chi connectivity index (χ3v) is 11.3. The molecule has 2 fully saturated rings. The van der Waals surface area contributed by atoms with Crippen LogP contribution in [0.4, 0.5) is 0 Å². The van der Waals surface area contributed by atoms with Crippen molar-refractivity contribution in [1.82, 2.24) is 0 Å². The highest BCUT2D eigenvalue weighted by atomic mass is 16.4. The van der Waals surface area contributed by atoms with Gasteiger partial charge in [0.1, 0.15) is 11.9 Å². The van der Waals surface area contributed by atoms with Crippen molar-refractivity contribution in [2.75, 3.05) is 0 Å². The fraction of sp³-hybridized carbons (Fsp3) is 0.733. The Hall–Kier alpha value is -2.16. The van der Waals surface area contributed by atoms with Gasteiger partial charge in [-0.1, -0.05) is 40.2 Å². The van der Waals surface area contributed by atoms with Crippen molar-refractivity contribution in [3.8, 4) is 0 Å². The zero-order valence-corrected chi connectivity index (χ0v) is 23.5. The van der Waals surface area contributed by atoms with Gasteiger partial charge < -0.3 is 20.4 Å². The van der Waals surface area contributed by atoms with Crippen LogP contribution in [0.5, 0.6) is 0 Å². The Morgan fingerprint density at radius 3 is 2.26 bits per heavy atom. The van der Waals surface area contributed by atoms with E-state index in [9.17, 15) is 34.5 Å². The van der Waals surface area contributed by atoms with Crippen LogP contribution in [0.15, 0.2) is 22.8 Å². The summed E-state index contributed by atoms with van der Waals surface area (Å²) in [6.45, 7) is 12.4. The lowest BCUT2D eigenvalue weighted by Crippen LogP contribution is -2.64. The number of carboxylic acid groups (broad SMARTS) is 1. The maximum atomic E-state index is 14.1. The first-order chi connectivity index (χ1) is 17.4. The predicted octanol–water partition coefficient (Wildman–Crippen LogP) is 3.02. The van der Waals surface area contributed by atoms with E-state index in [1.807, 2.05) is 20.8 Å². The molecule has 3 unspecified atom stereocenters. The number of hydrogen-bond donors (Lipinski definition) is 4. The van der Waals surface area contributed by atoms with E-state index < -0.39 is 69.3 Å². The molecule has 0 heterocycles. The van der Waals surface area contributed by atoms with E-state index in [4.69, 9.17) is 5.11 Å². The Balaban J connectivity index is 1.85. The topological polar surface area (TPSA) is 149 Å². The van der Waals surface area contributed by atoms with Gasteiger partial charge in [-0.3, -0.25) is 19.2 Å². The van der Waals surface area contributed by atoms with Gasteiger partial charge in [0, 0.05) is 23.8 Å². The Kier molecular flexibility index (Phi) is 6.78. The lowest BCUT2D eigenvalue weighted by Gasteiger charge is -2.62. The number of Topliss-reactive ketones (excluding diaryl/α,β-unsaturated/α-hetero) is 2. The highest BCUT2D eigenvalue weighted by Gasteiger charge is 2.73. The number of ketones is 3. The maximum absolute atomic E-state index is 14.1. The molecule has 0 spiro atoms. The van der Waals surface area contributed by atoms with Crippen LogP contribution >= 0.6 is 0 Å². The van der Waals surface area contributed by atoms with Crippen molar-refractivity contribution < 1.29 is 39.6 Å². The van der Waals surface area contributed by atoms with Gasteiger partial charge in [0.15, 0.2) is 11.6 Å². The minimum absolute atomic E-state index is 0.00468.